The number of hydrogen-bond donors (Lipinski definition) is 7. The van der Waals surface area contributed by atoms with Crippen LogP contribution < -0.4 is 33.0 Å². The van der Waals surface area contributed by atoms with Crippen molar-refractivity contribution in [2.75, 3.05) is 26.3 Å². The number of aliphatic imine (C=N–C) groups is 1. The summed E-state index contributed by atoms with van der Waals surface area (Å²) in [6, 6.07) is -2.20. The number of hydrazine groups is 1. The molecule has 1 fully saturated rings. The molecule has 0 aromatic heterocycles. The Morgan fingerprint density at radius 3 is 2.36 bits per heavy atom. The summed E-state index contributed by atoms with van der Waals surface area (Å²) in [5.74, 6) is -4.58. The molecule has 13 heteroatoms. The van der Waals surface area contributed by atoms with Gasteiger partial charge in [-0.05, 0) is 12.8 Å². The molecule has 0 amide bonds. The van der Waals surface area contributed by atoms with Crippen molar-refractivity contribution in [1.82, 2.24) is 21.5 Å². The van der Waals surface area contributed by atoms with E-state index in [1.165, 1.54) is 0 Å². The Kier molecular flexibility index (Phi) is 9.87. The summed E-state index contributed by atoms with van der Waals surface area (Å²) in [6.45, 7) is -0.680. The lowest BCUT2D eigenvalue weighted by Crippen LogP contribution is -2.51. The van der Waals surface area contributed by atoms with Crippen LogP contribution in [-0.4, -0.2) is 78.6 Å². The zero-order valence-electron chi connectivity index (χ0n) is 15.2. The molecule has 1 saturated heterocycles. The number of Topliss-reactive ketones (excluding diaryl/α,β-unsaturated/α-hetero) is 4. The zero-order chi connectivity index (χ0) is 21.1. The molecule has 156 valence electrons. The van der Waals surface area contributed by atoms with E-state index < -0.39 is 54.2 Å². The molecule has 0 bridgehead atoms. The second kappa shape index (κ2) is 11.9. The lowest BCUT2D eigenvalue weighted by molar-refractivity contribution is -0.142. The molecule has 1 heterocycles. The number of nitrogens with zero attached hydrogens (tertiary/aromatic N) is 1. The summed E-state index contributed by atoms with van der Waals surface area (Å²) in [5, 5.41) is 14.0. The van der Waals surface area contributed by atoms with Gasteiger partial charge < -0.3 is 16.6 Å². The third kappa shape index (κ3) is 8.30. The number of ketones is 4. The second-order valence-corrected chi connectivity index (χ2v) is 6.03. The van der Waals surface area contributed by atoms with Crippen LogP contribution >= 0.6 is 0 Å². The standard InChI is InChI=1S/C15H25N7O6/c16-15(17)19-3-1-2-8-13(27)10(23)5-18-7-20-9(4-12(25)26)14(28)11(24)6-21-22-8/h8-9,18,20-22H,1-7H2,(H,25,26)(H4,16,17,19)/t8-,9-/m0/s1. The topological polar surface area (TPSA) is 218 Å². The molecule has 1 rings (SSSR count). The molecule has 2 atom stereocenters. The quantitative estimate of drug-likeness (QED) is 0.0977. The summed E-state index contributed by atoms with van der Waals surface area (Å²) in [4.78, 5) is 63.1. The second-order valence-electron chi connectivity index (χ2n) is 6.03. The Hall–Kier alpha value is -2.74. The monoisotopic (exact) mass is 399 g/mol. The van der Waals surface area contributed by atoms with Crippen LogP contribution in [0.15, 0.2) is 4.99 Å². The van der Waals surface area contributed by atoms with Crippen molar-refractivity contribution in [1.29, 1.82) is 0 Å². The fraction of sp³-hybridized carbons (Fsp3) is 0.600. The van der Waals surface area contributed by atoms with Crippen LogP contribution in [0.2, 0.25) is 0 Å². The highest BCUT2D eigenvalue weighted by Crippen LogP contribution is 2.01. The van der Waals surface area contributed by atoms with E-state index in [0.717, 1.165) is 0 Å². The molecule has 0 radical (unpaired) electrons. The van der Waals surface area contributed by atoms with Gasteiger partial charge in [-0.2, -0.15) is 0 Å². The molecule has 13 nitrogen and oxygen atoms in total. The minimum atomic E-state index is -1.26. The van der Waals surface area contributed by atoms with Gasteiger partial charge in [0.2, 0.25) is 23.1 Å². The Morgan fingerprint density at radius 2 is 1.71 bits per heavy atom. The number of guanidine groups is 1. The average Bonchev–Trinajstić information content (AvgIpc) is 2.63. The van der Waals surface area contributed by atoms with E-state index in [1.54, 1.807) is 0 Å². The minimum Gasteiger partial charge on any atom is -0.481 e. The summed E-state index contributed by atoms with van der Waals surface area (Å²) in [5.41, 5.74) is 15.5. The van der Waals surface area contributed by atoms with Gasteiger partial charge in [0.25, 0.3) is 0 Å². The molecule has 0 aromatic carbocycles. The number of carboxylic acid groups (broad SMARTS) is 1. The maximum absolute atomic E-state index is 12.3. The lowest BCUT2D eigenvalue weighted by atomic mass is 10.0. The van der Waals surface area contributed by atoms with Gasteiger partial charge in [0.1, 0.15) is 0 Å². The van der Waals surface area contributed by atoms with Crippen molar-refractivity contribution < 1.29 is 29.1 Å². The molecule has 1 aliphatic rings. The van der Waals surface area contributed by atoms with Gasteiger partial charge in [-0.1, -0.05) is 0 Å². The van der Waals surface area contributed by atoms with Crippen molar-refractivity contribution in [2.24, 2.45) is 16.5 Å². The normalized spacial score (nSPS) is 22.7. The van der Waals surface area contributed by atoms with Crippen molar-refractivity contribution in [2.45, 2.75) is 31.3 Å². The van der Waals surface area contributed by atoms with Crippen LogP contribution in [-0.2, 0) is 24.0 Å². The highest BCUT2D eigenvalue weighted by molar-refractivity contribution is 6.40. The van der Waals surface area contributed by atoms with E-state index in [0.29, 0.717) is 6.42 Å². The predicted octanol–water partition coefficient (Wildman–Crippen LogP) is -4.23. The fourth-order valence-corrected chi connectivity index (χ4v) is 2.39. The van der Waals surface area contributed by atoms with Gasteiger partial charge in [0, 0.05) is 13.2 Å². The van der Waals surface area contributed by atoms with Gasteiger partial charge in [0.05, 0.1) is 31.6 Å². The molecule has 9 N–H and O–H groups in total. The third-order valence-corrected chi connectivity index (χ3v) is 3.79. The van der Waals surface area contributed by atoms with Crippen molar-refractivity contribution in [3.63, 3.8) is 0 Å². The van der Waals surface area contributed by atoms with E-state index in [2.05, 4.69) is 26.5 Å². The number of rotatable bonds is 6. The van der Waals surface area contributed by atoms with E-state index in [1.807, 2.05) is 0 Å². The molecule has 1 aliphatic heterocycles. The van der Waals surface area contributed by atoms with Gasteiger partial charge in [0.15, 0.2) is 5.96 Å². The summed E-state index contributed by atoms with van der Waals surface area (Å²) in [7, 11) is 0. The van der Waals surface area contributed by atoms with Crippen LogP contribution in [0, 0.1) is 0 Å². The molecule has 0 unspecified atom stereocenters. The SMILES string of the molecule is NC(N)=NCCC[C@@H]1NNCC(=O)C(=O)[C@H](CC(=O)O)NCNCC(=O)C1=O. The molecular weight excluding hydrogens is 374 g/mol. The molecule has 0 saturated carbocycles. The average molecular weight is 399 g/mol. The molecule has 0 aromatic rings. The molecular formula is C15H25N7O6. The first-order chi connectivity index (χ1) is 13.2. The third-order valence-electron chi connectivity index (χ3n) is 3.79. The van der Waals surface area contributed by atoms with E-state index in [-0.39, 0.29) is 32.1 Å². The number of carbonyl (C=O) groups excluding carboxylic acids is 4. The van der Waals surface area contributed by atoms with Crippen molar-refractivity contribution in [3.05, 3.63) is 0 Å². The van der Waals surface area contributed by atoms with Crippen molar-refractivity contribution >= 4 is 35.1 Å². The first-order valence-electron chi connectivity index (χ1n) is 8.56. The van der Waals surface area contributed by atoms with Gasteiger partial charge in [-0.25, -0.2) is 10.9 Å². The van der Waals surface area contributed by atoms with Crippen LogP contribution in [0.1, 0.15) is 19.3 Å². The zero-order valence-corrected chi connectivity index (χ0v) is 15.2. The van der Waals surface area contributed by atoms with Gasteiger partial charge in [-0.3, -0.25) is 39.6 Å². The fourth-order valence-electron chi connectivity index (χ4n) is 2.39. The Balaban J connectivity index is 2.81. The summed E-state index contributed by atoms with van der Waals surface area (Å²) < 4.78 is 0. The maximum Gasteiger partial charge on any atom is 0.305 e. The first-order valence-corrected chi connectivity index (χ1v) is 8.56. The smallest absolute Gasteiger partial charge is 0.305 e. The number of aliphatic carboxylic acids is 1. The van der Waals surface area contributed by atoms with E-state index in [4.69, 9.17) is 16.6 Å². The van der Waals surface area contributed by atoms with Gasteiger partial charge >= 0.3 is 5.97 Å². The Bertz CT molecular complexity index is 647. The molecule has 28 heavy (non-hydrogen) atoms. The van der Waals surface area contributed by atoms with E-state index >= 15 is 0 Å². The highest BCUT2D eigenvalue weighted by Gasteiger charge is 2.29. The Labute approximate surface area is 160 Å². The Morgan fingerprint density at radius 1 is 1.07 bits per heavy atom. The first kappa shape index (κ1) is 23.3. The van der Waals surface area contributed by atoms with Crippen LogP contribution in [0.3, 0.4) is 0 Å². The number of nitrogens with one attached hydrogen (secondary N) is 4. The van der Waals surface area contributed by atoms with Gasteiger partial charge in [-0.15, -0.1) is 0 Å². The number of carbonyl (C=O) groups is 5. The number of hydrogen-bond acceptors (Lipinski definition) is 10. The summed E-state index contributed by atoms with van der Waals surface area (Å²) in [6.07, 6.45) is -0.00479. The lowest BCUT2D eigenvalue weighted by Gasteiger charge is -2.17. The van der Waals surface area contributed by atoms with Crippen molar-refractivity contribution in [3.8, 4) is 0 Å². The molecule has 0 aliphatic carbocycles. The summed E-state index contributed by atoms with van der Waals surface area (Å²) >= 11 is 0. The number of carboxylic acids is 1. The van der Waals surface area contributed by atoms with Crippen LogP contribution in [0.5, 0.6) is 0 Å². The van der Waals surface area contributed by atoms with Crippen LogP contribution in [0.25, 0.3) is 0 Å². The minimum absolute atomic E-state index is 0.0971. The highest BCUT2D eigenvalue weighted by atomic mass is 16.4. The largest absolute Gasteiger partial charge is 0.481 e. The molecule has 0 spiro atoms. The number of nitrogens with two attached hydrogens (primary N) is 2. The van der Waals surface area contributed by atoms with Crippen LogP contribution in [0.4, 0.5) is 0 Å². The van der Waals surface area contributed by atoms with E-state index in [9.17, 15) is 24.0 Å². The maximum atomic E-state index is 12.3. The predicted molar refractivity (Wildman–Crippen MR) is 96.9 cm³/mol.